The summed E-state index contributed by atoms with van der Waals surface area (Å²) < 4.78 is 7.40. The van der Waals surface area contributed by atoms with Crippen molar-refractivity contribution in [2.75, 3.05) is 38.2 Å². The van der Waals surface area contributed by atoms with Crippen LogP contribution in [0, 0.1) is 0 Å². The van der Waals surface area contributed by atoms with E-state index in [2.05, 4.69) is 10.2 Å². The number of aryl methyl sites for hydroxylation is 1. The molecule has 0 atom stereocenters. The van der Waals surface area contributed by atoms with E-state index in [1.165, 1.54) is 0 Å². The molecule has 3 rings (SSSR count). The van der Waals surface area contributed by atoms with Gasteiger partial charge in [-0.15, -0.1) is 0 Å². The molecule has 0 radical (unpaired) electrons. The van der Waals surface area contributed by atoms with E-state index in [1.807, 2.05) is 34.9 Å². The molecule has 6 nitrogen and oxygen atoms in total. The molecule has 1 amide bonds. The molecular formula is C16H21N3O3. The zero-order chi connectivity index (χ0) is 15.4. The van der Waals surface area contributed by atoms with Crippen LogP contribution in [0.15, 0.2) is 30.3 Å². The molecule has 0 bridgehead atoms. The van der Waals surface area contributed by atoms with Gasteiger partial charge in [0.25, 0.3) is 0 Å². The molecule has 6 heteroatoms. The van der Waals surface area contributed by atoms with Gasteiger partial charge < -0.3 is 14.4 Å². The molecule has 22 heavy (non-hydrogen) atoms. The zero-order valence-corrected chi connectivity index (χ0v) is 12.5. The lowest BCUT2D eigenvalue weighted by Crippen LogP contribution is -2.37. The number of nitrogens with one attached hydrogen (secondary N) is 1. The highest BCUT2D eigenvalue weighted by atomic mass is 16.5. The van der Waals surface area contributed by atoms with Gasteiger partial charge >= 0.3 is 6.09 Å². The Kier molecular flexibility index (Phi) is 4.60. The Morgan fingerprint density at radius 3 is 2.77 bits per heavy atom. The van der Waals surface area contributed by atoms with Crippen LogP contribution in [0.4, 0.5) is 10.6 Å². The number of anilines is 1. The third-order valence-electron chi connectivity index (χ3n) is 4.01. The van der Waals surface area contributed by atoms with E-state index < -0.39 is 6.09 Å². The van der Waals surface area contributed by atoms with Crippen LogP contribution in [0.25, 0.3) is 10.9 Å². The van der Waals surface area contributed by atoms with Gasteiger partial charge in [0.2, 0.25) is 0 Å². The summed E-state index contributed by atoms with van der Waals surface area (Å²) in [6.45, 7) is 5.36. The summed E-state index contributed by atoms with van der Waals surface area (Å²) in [6.07, 6.45) is -0.0512. The van der Waals surface area contributed by atoms with Crippen molar-refractivity contribution >= 4 is 22.8 Å². The number of rotatable bonds is 5. The first kappa shape index (κ1) is 14.9. The maximum atomic E-state index is 11.0. The number of carbonyl (C=O) groups is 1. The highest BCUT2D eigenvalue weighted by molar-refractivity contribution is 5.90. The number of morpholine rings is 1. The van der Waals surface area contributed by atoms with E-state index in [0.717, 1.165) is 56.7 Å². The second-order valence-electron chi connectivity index (χ2n) is 5.48. The Bertz CT molecular complexity index is 647. The van der Waals surface area contributed by atoms with Gasteiger partial charge in [-0.05, 0) is 18.6 Å². The predicted molar refractivity (Wildman–Crippen MR) is 85.5 cm³/mol. The fraction of sp³-hybridized carbons (Fsp3) is 0.438. The van der Waals surface area contributed by atoms with Gasteiger partial charge in [0.05, 0.1) is 13.2 Å². The van der Waals surface area contributed by atoms with Gasteiger partial charge in [-0.25, -0.2) is 4.79 Å². The highest BCUT2D eigenvalue weighted by Gasteiger charge is 2.12. The third kappa shape index (κ3) is 3.40. The Morgan fingerprint density at radius 1 is 1.23 bits per heavy atom. The number of hydrogen-bond acceptors (Lipinski definition) is 3. The molecule has 1 aromatic heterocycles. The largest absolute Gasteiger partial charge is 0.465 e. The first-order valence-corrected chi connectivity index (χ1v) is 7.62. The molecule has 1 aliphatic heterocycles. The minimum absolute atomic E-state index is 0.635. The summed E-state index contributed by atoms with van der Waals surface area (Å²) >= 11 is 0. The summed E-state index contributed by atoms with van der Waals surface area (Å²) in [4.78, 5) is 13.4. The first-order valence-electron chi connectivity index (χ1n) is 7.62. The number of aromatic nitrogens is 1. The van der Waals surface area contributed by atoms with Crippen molar-refractivity contribution in [1.82, 2.24) is 9.47 Å². The van der Waals surface area contributed by atoms with E-state index in [1.54, 1.807) is 0 Å². The Morgan fingerprint density at radius 2 is 2.00 bits per heavy atom. The van der Waals surface area contributed by atoms with E-state index in [-0.39, 0.29) is 0 Å². The first-order chi connectivity index (χ1) is 10.7. The van der Waals surface area contributed by atoms with Crippen LogP contribution in [-0.4, -0.2) is 53.5 Å². The fourth-order valence-electron chi connectivity index (χ4n) is 2.94. The van der Waals surface area contributed by atoms with Crippen LogP contribution >= 0.6 is 0 Å². The minimum Gasteiger partial charge on any atom is -0.465 e. The van der Waals surface area contributed by atoms with Crippen LogP contribution in [0.2, 0.25) is 0 Å². The van der Waals surface area contributed by atoms with Crippen LogP contribution < -0.4 is 5.32 Å². The van der Waals surface area contributed by atoms with E-state index in [4.69, 9.17) is 9.84 Å². The van der Waals surface area contributed by atoms with E-state index in [9.17, 15) is 4.79 Å². The van der Waals surface area contributed by atoms with Crippen molar-refractivity contribution in [1.29, 1.82) is 0 Å². The Balaban J connectivity index is 1.71. The number of fused-ring (bicyclic) bond motifs is 1. The van der Waals surface area contributed by atoms with Gasteiger partial charge in [0, 0.05) is 37.1 Å². The molecule has 118 valence electrons. The Hall–Kier alpha value is -2.05. The van der Waals surface area contributed by atoms with E-state index >= 15 is 0 Å². The SMILES string of the molecule is O=C(O)Nc1cc2ccccc2n1CCCN1CCOCC1. The average molecular weight is 303 g/mol. The van der Waals surface area contributed by atoms with Crippen molar-refractivity contribution in [2.45, 2.75) is 13.0 Å². The number of carboxylic acid groups (broad SMARTS) is 1. The van der Waals surface area contributed by atoms with Crippen molar-refractivity contribution < 1.29 is 14.6 Å². The lowest BCUT2D eigenvalue weighted by molar-refractivity contribution is 0.0370. The standard InChI is InChI=1S/C16H21N3O3/c20-16(21)17-15-12-13-4-1-2-5-14(13)19(15)7-3-6-18-8-10-22-11-9-18/h1-2,4-5,12,17H,3,6-11H2,(H,20,21). The molecule has 0 unspecified atom stereocenters. The predicted octanol–water partition coefficient (Wildman–Crippen LogP) is 2.45. The maximum Gasteiger partial charge on any atom is 0.410 e. The van der Waals surface area contributed by atoms with Gasteiger partial charge in [0.1, 0.15) is 5.82 Å². The molecule has 1 fully saturated rings. The molecule has 1 saturated heterocycles. The van der Waals surface area contributed by atoms with Crippen molar-refractivity contribution in [2.24, 2.45) is 0 Å². The number of nitrogens with zero attached hydrogens (tertiary/aromatic N) is 2. The topological polar surface area (TPSA) is 66.7 Å². The maximum absolute atomic E-state index is 11.0. The number of benzene rings is 1. The van der Waals surface area contributed by atoms with Crippen molar-refractivity contribution in [3.63, 3.8) is 0 Å². The number of amides is 1. The average Bonchev–Trinajstić information content (AvgIpc) is 2.85. The second kappa shape index (κ2) is 6.81. The summed E-state index contributed by atoms with van der Waals surface area (Å²) in [5.41, 5.74) is 1.06. The molecule has 2 aromatic rings. The number of ether oxygens (including phenoxy) is 1. The third-order valence-corrected chi connectivity index (χ3v) is 4.01. The van der Waals surface area contributed by atoms with Crippen LogP contribution in [-0.2, 0) is 11.3 Å². The van der Waals surface area contributed by atoms with Crippen LogP contribution in [0.3, 0.4) is 0 Å². The molecule has 0 aliphatic carbocycles. The monoisotopic (exact) mass is 303 g/mol. The summed E-state index contributed by atoms with van der Waals surface area (Å²) in [5.74, 6) is 0.635. The van der Waals surface area contributed by atoms with Gasteiger partial charge in [0.15, 0.2) is 0 Å². The normalized spacial score (nSPS) is 16.0. The van der Waals surface area contributed by atoms with Gasteiger partial charge in [-0.3, -0.25) is 10.2 Å². The Labute approximate surface area is 129 Å². The fourth-order valence-corrected chi connectivity index (χ4v) is 2.94. The molecule has 2 N–H and O–H groups in total. The van der Waals surface area contributed by atoms with Gasteiger partial charge in [-0.2, -0.15) is 0 Å². The molecule has 1 aliphatic rings. The quantitative estimate of drug-likeness (QED) is 0.890. The zero-order valence-electron chi connectivity index (χ0n) is 12.5. The van der Waals surface area contributed by atoms with Crippen molar-refractivity contribution in [3.05, 3.63) is 30.3 Å². The summed E-state index contributed by atoms with van der Waals surface area (Å²) in [5, 5.41) is 12.5. The number of hydrogen-bond donors (Lipinski definition) is 2. The molecule has 0 saturated carbocycles. The molecule has 0 spiro atoms. The molecule has 1 aromatic carbocycles. The van der Waals surface area contributed by atoms with E-state index in [0.29, 0.717) is 5.82 Å². The van der Waals surface area contributed by atoms with Crippen LogP contribution in [0.1, 0.15) is 6.42 Å². The lowest BCUT2D eigenvalue weighted by Gasteiger charge is -2.26. The molecule has 2 heterocycles. The second-order valence-corrected chi connectivity index (χ2v) is 5.48. The minimum atomic E-state index is -1.03. The van der Waals surface area contributed by atoms with Gasteiger partial charge in [-0.1, -0.05) is 18.2 Å². The smallest absolute Gasteiger partial charge is 0.410 e. The van der Waals surface area contributed by atoms with Crippen molar-refractivity contribution in [3.8, 4) is 0 Å². The lowest BCUT2D eigenvalue weighted by atomic mass is 10.2. The van der Waals surface area contributed by atoms with Crippen LogP contribution in [0.5, 0.6) is 0 Å². The summed E-state index contributed by atoms with van der Waals surface area (Å²) in [7, 11) is 0. The number of para-hydroxylation sites is 1. The summed E-state index contributed by atoms with van der Waals surface area (Å²) in [6, 6.07) is 9.85. The highest BCUT2D eigenvalue weighted by Crippen LogP contribution is 2.24. The molecular weight excluding hydrogens is 282 g/mol.